The van der Waals surface area contributed by atoms with E-state index in [1.54, 1.807) is 42.5 Å². The number of rotatable bonds is 5. The molecule has 0 aliphatic heterocycles. The molecular weight excluding hydrogens is 272 g/mol. The minimum atomic E-state index is -0.475. The van der Waals surface area contributed by atoms with Crippen LogP contribution >= 0.6 is 0 Å². The summed E-state index contributed by atoms with van der Waals surface area (Å²) in [7, 11) is 0. The van der Waals surface area contributed by atoms with E-state index in [0.29, 0.717) is 16.8 Å². The molecule has 0 aliphatic carbocycles. The molecule has 21 heavy (non-hydrogen) atoms. The summed E-state index contributed by atoms with van der Waals surface area (Å²) in [6.45, 7) is 0.0644. The second kappa shape index (κ2) is 6.49. The first kappa shape index (κ1) is 14.5. The molecule has 0 spiro atoms. The number of benzene rings is 2. The molecule has 0 heterocycles. The molecule has 108 valence electrons. The lowest BCUT2D eigenvalue weighted by Crippen LogP contribution is -2.25. The van der Waals surface area contributed by atoms with Crippen molar-refractivity contribution in [3.05, 3.63) is 69.8 Å². The second-order valence-corrected chi connectivity index (χ2v) is 4.26. The summed E-state index contributed by atoms with van der Waals surface area (Å²) >= 11 is 0. The molecule has 7 heteroatoms. The van der Waals surface area contributed by atoms with Gasteiger partial charge in [0.05, 0.1) is 16.2 Å². The number of nitrogens with zero attached hydrogens (tertiary/aromatic N) is 1. The van der Waals surface area contributed by atoms with Crippen LogP contribution in [-0.4, -0.2) is 10.8 Å². The maximum absolute atomic E-state index is 12.1. The number of hydrogen-bond acceptors (Lipinski definition) is 5. The van der Waals surface area contributed by atoms with Crippen molar-refractivity contribution >= 4 is 17.3 Å². The first-order chi connectivity index (χ1) is 10.1. The Kier molecular flexibility index (Phi) is 4.47. The molecule has 0 saturated heterocycles. The molecule has 0 atom stereocenters. The van der Waals surface area contributed by atoms with Gasteiger partial charge in [-0.05, 0) is 12.1 Å². The number of carbonyl (C=O) groups is 1. The Morgan fingerprint density at radius 3 is 2.52 bits per heavy atom. The summed E-state index contributed by atoms with van der Waals surface area (Å²) in [6.07, 6.45) is 0. The Hall–Kier alpha value is -2.93. The topological polar surface area (TPSA) is 110 Å². The number of carbonyl (C=O) groups excluding carboxylic acids is 1. The predicted molar refractivity (Wildman–Crippen MR) is 78.5 cm³/mol. The van der Waals surface area contributed by atoms with Gasteiger partial charge in [0.1, 0.15) is 0 Å². The van der Waals surface area contributed by atoms with E-state index in [9.17, 15) is 14.9 Å². The van der Waals surface area contributed by atoms with Gasteiger partial charge in [0.2, 0.25) is 0 Å². The van der Waals surface area contributed by atoms with E-state index in [-0.39, 0.29) is 18.1 Å². The summed E-state index contributed by atoms with van der Waals surface area (Å²) in [5.74, 6) is 4.98. The number of nitrogens with one attached hydrogen (secondary N) is 2. The standard InChI is InChI=1S/C14H14N4O3/c15-17-12-7-3-2-6-11(12)14(19)16-9-10-5-1-4-8-13(10)18(20)21/h1-8,17H,9,15H2,(H,16,19). The molecule has 0 aliphatic rings. The molecule has 0 radical (unpaired) electrons. The van der Waals surface area contributed by atoms with Crippen molar-refractivity contribution in [1.82, 2.24) is 5.32 Å². The summed E-state index contributed by atoms with van der Waals surface area (Å²) in [6, 6.07) is 13.0. The number of nitrogen functional groups attached to an aromatic ring is 1. The Bertz CT molecular complexity index is 673. The van der Waals surface area contributed by atoms with Crippen LogP contribution < -0.4 is 16.6 Å². The molecule has 0 unspecified atom stereocenters. The fraction of sp³-hybridized carbons (Fsp3) is 0.0714. The summed E-state index contributed by atoms with van der Waals surface area (Å²) in [5.41, 5.74) is 3.71. The van der Waals surface area contributed by atoms with Gasteiger partial charge in [0, 0.05) is 18.2 Å². The number of nitrogens with two attached hydrogens (primary N) is 1. The maximum Gasteiger partial charge on any atom is 0.274 e. The monoisotopic (exact) mass is 286 g/mol. The van der Waals surface area contributed by atoms with E-state index in [4.69, 9.17) is 5.84 Å². The first-order valence-corrected chi connectivity index (χ1v) is 6.19. The molecule has 0 bridgehead atoms. The molecule has 0 fully saturated rings. The number of anilines is 1. The maximum atomic E-state index is 12.1. The number of hydrogen-bond donors (Lipinski definition) is 3. The third-order valence-electron chi connectivity index (χ3n) is 2.95. The van der Waals surface area contributed by atoms with Crippen LogP contribution in [0.4, 0.5) is 11.4 Å². The van der Waals surface area contributed by atoms with Crippen LogP contribution in [0.3, 0.4) is 0 Å². The first-order valence-electron chi connectivity index (χ1n) is 6.19. The quantitative estimate of drug-likeness (QED) is 0.441. The van der Waals surface area contributed by atoms with Gasteiger partial charge in [-0.25, -0.2) is 0 Å². The Morgan fingerprint density at radius 1 is 1.14 bits per heavy atom. The molecule has 1 amide bonds. The highest BCUT2D eigenvalue weighted by molar-refractivity contribution is 5.99. The van der Waals surface area contributed by atoms with Gasteiger partial charge in [-0.2, -0.15) is 0 Å². The Balaban J connectivity index is 2.13. The van der Waals surface area contributed by atoms with Crippen molar-refractivity contribution in [3.8, 4) is 0 Å². The Labute approximate surface area is 120 Å². The molecule has 4 N–H and O–H groups in total. The number of nitro benzene ring substituents is 1. The number of nitro groups is 1. The zero-order chi connectivity index (χ0) is 15.2. The van der Waals surface area contributed by atoms with Gasteiger partial charge in [0.15, 0.2) is 0 Å². The third-order valence-corrected chi connectivity index (χ3v) is 2.95. The third kappa shape index (κ3) is 3.34. The molecule has 0 saturated carbocycles. The van der Waals surface area contributed by atoms with Crippen molar-refractivity contribution in [3.63, 3.8) is 0 Å². The fourth-order valence-corrected chi connectivity index (χ4v) is 1.92. The highest BCUT2D eigenvalue weighted by Crippen LogP contribution is 2.18. The summed E-state index contributed by atoms with van der Waals surface area (Å²) in [5, 5.41) is 13.5. The van der Waals surface area contributed by atoms with Gasteiger partial charge >= 0.3 is 0 Å². The highest BCUT2D eigenvalue weighted by Gasteiger charge is 2.14. The SMILES string of the molecule is NNc1ccccc1C(=O)NCc1ccccc1[N+](=O)[O-]. The van der Waals surface area contributed by atoms with Crippen LogP contribution in [0.25, 0.3) is 0 Å². The van der Waals surface area contributed by atoms with Crippen LogP contribution in [0.5, 0.6) is 0 Å². The average molecular weight is 286 g/mol. The van der Waals surface area contributed by atoms with Crippen LogP contribution in [0.15, 0.2) is 48.5 Å². The van der Waals surface area contributed by atoms with Gasteiger partial charge in [-0.1, -0.05) is 30.3 Å². The molecule has 2 aromatic carbocycles. The zero-order valence-electron chi connectivity index (χ0n) is 11.1. The molecule has 0 aromatic heterocycles. The minimum absolute atomic E-state index is 0.0250. The zero-order valence-corrected chi connectivity index (χ0v) is 11.1. The van der Waals surface area contributed by atoms with Gasteiger partial charge in [-0.15, -0.1) is 0 Å². The van der Waals surface area contributed by atoms with Crippen molar-refractivity contribution in [1.29, 1.82) is 0 Å². The summed E-state index contributed by atoms with van der Waals surface area (Å²) in [4.78, 5) is 22.5. The van der Waals surface area contributed by atoms with E-state index in [1.165, 1.54) is 6.07 Å². The Morgan fingerprint density at radius 2 is 1.81 bits per heavy atom. The van der Waals surface area contributed by atoms with E-state index < -0.39 is 4.92 Å². The normalized spacial score (nSPS) is 9.95. The van der Waals surface area contributed by atoms with Gasteiger partial charge in [-0.3, -0.25) is 20.8 Å². The van der Waals surface area contributed by atoms with Crippen molar-refractivity contribution < 1.29 is 9.72 Å². The van der Waals surface area contributed by atoms with Crippen LogP contribution in [0.2, 0.25) is 0 Å². The lowest BCUT2D eigenvalue weighted by atomic mass is 10.1. The lowest BCUT2D eigenvalue weighted by Gasteiger charge is -2.09. The van der Waals surface area contributed by atoms with E-state index in [1.807, 2.05) is 0 Å². The minimum Gasteiger partial charge on any atom is -0.348 e. The smallest absolute Gasteiger partial charge is 0.274 e. The van der Waals surface area contributed by atoms with Crippen molar-refractivity contribution in [2.45, 2.75) is 6.54 Å². The number of para-hydroxylation sites is 2. The molecular formula is C14H14N4O3. The second-order valence-electron chi connectivity index (χ2n) is 4.26. The fourth-order valence-electron chi connectivity index (χ4n) is 1.92. The highest BCUT2D eigenvalue weighted by atomic mass is 16.6. The van der Waals surface area contributed by atoms with Crippen LogP contribution in [0, 0.1) is 10.1 Å². The van der Waals surface area contributed by atoms with E-state index >= 15 is 0 Å². The van der Waals surface area contributed by atoms with Crippen molar-refractivity contribution in [2.75, 3.05) is 5.43 Å². The largest absolute Gasteiger partial charge is 0.348 e. The molecule has 2 aromatic rings. The van der Waals surface area contributed by atoms with Crippen molar-refractivity contribution in [2.24, 2.45) is 5.84 Å². The average Bonchev–Trinajstić information content (AvgIpc) is 2.52. The van der Waals surface area contributed by atoms with E-state index in [0.717, 1.165) is 0 Å². The molecule has 2 rings (SSSR count). The number of hydrazine groups is 1. The number of amides is 1. The summed E-state index contributed by atoms with van der Waals surface area (Å²) < 4.78 is 0. The van der Waals surface area contributed by atoms with Crippen LogP contribution in [0.1, 0.15) is 15.9 Å². The van der Waals surface area contributed by atoms with Gasteiger partial charge in [0.25, 0.3) is 11.6 Å². The lowest BCUT2D eigenvalue weighted by molar-refractivity contribution is -0.385. The van der Waals surface area contributed by atoms with Crippen LogP contribution in [-0.2, 0) is 6.54 Å². The molecule has 7 nitrogen and oxygen atoms in total. The van der Waals surface area contributed by atoms with E-state index in [2.05, 4.69) is 10.7 Å². The van der Waals surface area contributed by atoms with Gasteiger partial charge < -0.3 is 10.7 Å². The predicted octanol–water partition coefficient (Wildman–Crippen LogP) is 1.81.